The van der Waals surface area contributed by atoms with Crippen LogP contribution in [0.5, 0.6) is 5.75 Å². The lowest BCUT2D eigenvalue weighted by Crippen LogP contribution is -2.32. The number of nitrogens with zero attached hydrogens (tertiary/aromatic N) is 1. The molecule has 2 N–H and O–H groups in total. The zero-order valence-electron chi connectivity index (χ0n) is 15.5. The molecule has 1 fully saturated rings. The minimum atomic E-state index is -0.345. The highest BCUT2D eigenvalue weighted by Crippen LogP contribution is 2.22. The molecule has 1 aliphatic rings. The zero-order chi connectivity index (χ0) is 18.4. The van der Waals surface area contributed by atoms with E-state index in [-0.39, 0.29) is 11.9 Å². The van der Waals surface area contributed by atoms with Crippen LogP contribution in [-0.4, -0.2) is 32.1 Å². The third-order valence-electron chi connectivity index (χ3n) is 4.70. The van der Waals surface area contributed by atoms with E-state index in [1.54, 1.807) is 13.2 Å². The number of benzene rings is 2. The molecule has 138 valence electrons. The molecule has 1 unspecified atom stereocenters. The number of rotatable bonds is 6. The third-order valence-corrected chi connectivity index (χ3v) is 4.70. The van der Waals surface area contributed by atoms with Gasteiger partial charge in [-0.2, -0.15) is 0 Å². The lowest BCUT2D eigenvalue weighted by atomic mass is 10.1. The molecule has 5 heteroatoms. The summed E-state index contributed by atoms with van der Waals surface area (Å²) in [6.07, 6.45) is 3.86. The Balaban J connectivity index is 1.56. The van der Waals surface area contributed by atoms with Crippen molar-refractivity contribution in [2.45, 2.75) is 32.2 Å². The van der Waals surface area contributed by atoms with E-state index in [1.807, 2.05) is 37.3 Å². The number of piperidine rings is 1. The van der Waals surface area contributed by atoms with Gasteiger partial charge < -0.3 is 20.3 Å². The van der Waals surface area contributed by atoms with Crippen molar-refractivity contribution in [1.29, 1.82) is 0 Å². The Bertz CT molecular complexity index is 724. The summed E-state index contributed by atoms with van der Waals surface area (Å²) < 4.78 is 5.18. The smallest absolute Gasteiger partial charge is 0.246 e. The predicted octanol–water partition coefficient (Wildman–Crippen LogP) is 4.12. The Labute approximate surface area is 155 Å². The Hall–Kier alpha value is -2.69. The van der Waals surface area contributed by atoms with Crippen LogP contribution in [0.15, 0.2) is 48.5 Å². The number of ether oxygens (including phenoxy) is 1. The molecule has 2 aromatic rings. The van der Waals surface area contributed by atoms with Crippen LogP contribution >= 0.6 is 0 Å². The molecule has 1 atom stereocenters. The number of hydrogen-bond donors (Lipinski definition) is 2. The first-order valence-electron chi connectivity index (χ1n) is 9.22. The van der Waals surface area contributed by atoms with Gasteiger partial charge in [0, 0.05) is 36.2 Å². The van der Waals surface area contributed by atoms with E-state index in [2.05, 4.69) is 27.7 Å². The Kier molecular flexibility index (Phi) is 6.00. The van der Waals surface area contributed by atoms with Crippen molar-refractivity contribution in [3.63, 3.8) is 0 Å². The number of anilines is 3. The standard InChI is InChI=1S/C21H27N3O2/c1-16(21(25)23-18-7-6-8-20(15-18)26-2)22-17-9-11-19(12-10-17)24-13-4-3-5-14-24/h6-12,15-16,22H,3-5,13-14H2,1-2H3,(H,23,25). The normalized spacial score (nSPS) is 15.2. The molecule has 0 saturated carbocycles. The molecule has 1 heterocycles. The SMILES string of the molecule is COc1cccc(NC(=O)C(C)Nc2ccc(N3CCCCC3)cc2)c1. The quantitative estimate of drug-likeness (QED) is 0.820. The fourth-order valence-corrected chi connectivity index (χ4v) is 3.19. The second kappa shape index (κ2) is 8.61. The van der Waals surface area contributed by atoms with Gasteiger partial charge in [-0.15, -0.1) is 0 Å². The van der Waals surface area contributed by atoms with Crippen molar-refractivity contribution in [2.24, 2.45) is 0 Å². The first-order valence-corrected chi connectivity index (χ1v) is 9.22. The zero-order valence-corrected chi connectivity index (χ0v) is 15.5. The second-order valence-electron chi connectivity index (χ2n) is 6.68. The minimum Gasteiger partial charge on any atom is -0.497 e. The van der Waals surface area contributed by atoms with Crippen LogP contribution in [0.4, 0.5) is 17.1 Å². The van der Waals surface area contributed by atoms with Crippen LogP contribution in [0.1, 0.15) is 26.2 Å². The fourth-order valence-electron chi connectivity index (χ4n) is 3.19. The highest BCUT2D eigenvalue weighted by molar-refractivity contribution is 5.96. The van der Waals surface area contributed by atoms with Crippen LogP contribution in [-0.2, 0) is 4.79 Å². The Morgan fingerprint density at radius 2 is 1.77 bits per heavy atom. The summed E-state index contributed by atoms with van der Waals surface area (Å²) in [5, 5.41) is 6.17. The van der Waals surface area contributed by atoms with E-state index in [0.717, 1.165) is 30.2 Å². The maximum absolute atomic E-state index is 12.4. The number of carbonyl (C=O) groups is 1. The minimum absolute atomic E-state index is 0.0849. The summed E-state index contributed by atoms with van der Waals surface area (Å²) in [5.74, 6) is 0.634. The summed E-state index contributed by atoms with van der Waals surface area (Å²) in [6.45, 7) is 4.12. The number of amides is 1. The summed E-state index contributed by atoms with van der Waals surface area (Å²) in [4.78, 5) is 14.8. The first kappa shape index (κ1) is 18.1. The summed E-state index contributed by atoms with van der Waals surface area (Å²) >= 11 is 0. The number of hydrogen-bond acceptors (Lipinski definition) is 4. The topological polar surface area (TPSA) is 53.6 Å². The molecule has 0 radical (unpaired) electrons. The molecule has 5 nitrogen and oxygen atoms in total. The summed E-state index contributed by atoms with van der Waals surface area (Å²) in [5.41, 5.74) is 2.92. The Morgan fingerprint density at radius 3 is 2.46 bits per heavy atom. The monoisotopic (exact) mass is 353 g/mol. The van der Waals surface area contributed by atoms with Crippen LogP contribution in [0.2, 0.25) is 0 Å². The van der Waals surface area contributed by atoms with Gasteiger partial charge >= 0.3 is 0 Å². The number of carbonyl (C=O) groups excluding carboxylic acids is 1. The van der Waals surface area contributed by atoms with Gasteiger partial charge in [0.25, 0.3) is 0 Å². The summed E-state index contributed by atoms with van der Waals surface area (Å²) in [6, 6.07) is 15.3. The van der Waals surface area contributed by atoms with E-state index in [1.165, 1.54) is 24.9 Å². The summed E-state index contributed by atoms with van der Waals surface area (Å²) in [7, 11) is 1.61. The van der Waals surface area contributed by atoms with Gasteiger partial charge in [0.2, 0.25) is 5.91 Å². The molecule has 0 bridgehead atoms. The van der Waals surface area contributed by atoms with Gasteiger partial charge in [0.1, 0.15) is 11.8 Å². The van der Waals surface area contributed by atoms with Crippen LogP contribution < -0.4 is 20.3 Å². The van der Waals surface area contributed by atoms with Gasteiger partial charge in [0.15, 0.2) is 0 Å². The molecule has 2 aromatic carbocycles. The van der Waals surface area contributed by atoms with E-state index in [4.69, 9.17) is 4.74 Å². The third kappa shape index (κ3) is 4.69. The van der Waals surface area contributed by atoms with E-state index in [0.29, 0.717) is 0 Å². The second-order valence-corrected chi connectivity index (χ2v) is 6.68. The van der Waals surface area contributed by atoms with Gasteiger partial charge in [-0.3, -0.25) is 4.79 Å². The molecule has 26 heavy (non-hydrogen) atoms. The maximum atomic E-state index is 12.4. The average molecular weight is 353 g/mol. The maximum Gasteiger partial charge on any atom is 0.246 e. The fraction of sp³-hybridized carbons (Fsp3) is 0.381. The van der Waals surface area contributed by atoms with Crippen LogP contribution in [0.25, 0.3) is 0 Å². The van der Waals surface area contributed by atoms with E-state index < -0.39 is 0 Å². The molecular weight excluding hydrogens is 326 g/mol. The van der Waals surface area contributed by atoms with Crippen molar-refractivity contribution in [3.05, 3.63) is 48.5 Å². The van der Waals surface area contributed by atoms with E-state index in [9.17, 15) is 4.79 Å². The number of nitrogens with one attached hydrogen (secondary N) is 2. The van der Waals surface area contributed by atoms with Crippen molar-refractivity contribution in [2.75, 3.05) is 35.7 Å². The van der Waals surface area contributed by atoms with Crippen molar-refractivity contribution >= 4 is 23.0 Å². The van der Waals surface area contributed by atoms with Crippen molar-refractivity contribution in [3.8, 4) is 5.75 Å². The molecule has 1 aliphatic heterocycles. The lowest BCUT2D eigenvalue weighted by molar-refractivity contribution is -0.116. The largest absolute Gasteiger partial charge is 0.497 e. The predicted molar refractivity (Wildman–Crippen MR) is 107 cm³/mol. The van der Waals surface area contributed by atoms with Gasteiger partial charge in [-0.05, 0) is 62.6 Å². The molecular formula is C21H27N3O2. The van der Waals surface area contributed by atoms with E-state index >= 15 is 0 Å². The van der Waals surface area contributed by atoms with Gasteiger partial charge in [-0.1, -0.05) is 6.07 Å². The molecule has 0 aliphatic carbocycles. The molecule has 3 rings (SSSR count). The lowest BCUT2D eigenvalue weighted by Gasteiger charge is -2.29. The molecule has 0 aromatic heterocycles. The van der Waals surface area contributed by atoms with Crippen molar-refractivity contribution < 1.29 is 9.53 Å². The highest BCUT2D eigenvalue weighted by atomic mass is 16.5. The van der Waals surface area contributed by atoms with Crippen molar-refractivity contribution in [1.82, 2.24) is 0 Å². The molecule has 1 amide bonds. The molecule has 0 spiro atoms. The average Bonchev–Trinajstić information content (AvgIpc) is 2.69. The first-order chi connectivity index (χ1) is 12.7. The van der Waals surface area contributed by atoms with Crippen LogP contribution in [0.3, 0.4) is 0 Å². The Morgan fingerprint density at radius 1 is 1.04 bits per heavy atom. The van der Waals surface area contributed by atoms with Crippen LogP contribution in [0, 0.1) is 0 Å². The van der Waals surface area contributed by atoms with Gasteiger partial charge in [-0.25, -0.2) is 0 Å². The number of methoxy groups -OCH3 is 1. The highest BCUT2D eigenvalue weighted by Gasteiger charge is 2.14. The molecule has 1 saturated heterocycles. The van der Waals surface area contributed by atoms with Gasteiger partial charge in [0.05, 0.1) is 7.11 Å².